The molecule has 0 radical (unpaired) electrons. The number of aromatic amines is 1. The van der Waals surface area contributed by atoms with Crippen molar-refractivity contribution in [3.05, 3.63) is 47.7 Å². The molecule has 0 atom stereocenters. The summed E-state index contributed by atoms with van der Waals surface area (Å²) in [7, 11) is 4.69. The number of nitrogens with one attached hydrogen (secondary N) is 2. The second-order valence-electron chi connectivity index (χ2n) is 7.55. The number of rotatable bonds is 6. The molecule has 0 unspecified atom stereocenters. The summed E-state index contributed by atoms with van der Waals surface area (Å²) in [6.45, 7) is 0. The van der Waals surface area contributed by atoms with Crippen LogP contribution in [0.2, 0.25) is 0 Å². The zero-order chi connectivity index (χ0) is 21.5. The summed E-state index contributed by atoms with van der Waals surface area (Å²) in [4.78, 5) is 16.6. The fourth-order valence-corrected chi connectivity index (χ4v) is 3.81. The maximum absolute atomic E-state index is 11.9. The number of H-pyrrole nitrogens is 1. The minimum absolute atomic E-state index is 0.352. The van der Waals surface area contributed by atoms with Crippen LogP contribution in [0.25, 0.3) is 22.3 Å². The number of ether oxygens (including phenoxy) is 2. The van der Waals surface area contributed by atoms with Gasteiger partial charge in [0.1, 0.15) is 11.3 Å². The van der Waals surface area contributed by atoms with Crippen LogP contribution in [0, 0.1) is 0 Å². The van der Waals surface area contributed by atoms with Crippen molar-refractivity contribution in [3.63, 3.8) is 0 Å². The molecule has 0 bridgehead atoms. The van der Waals surface area contributed by atoms with Crippen LogP contribution in [-0.2, 0) is 11.8 Å². The van der Waals surface area contributed by atoms with Crippen molar-refractivity contribution in [1.29, 1.82) is 0 Å². The molecule has 1 saturated carbocycles. The third kappa shape index (κ3) is 3.37. The van der Waals surface area contributed by atoms with Crippen LogP contribution in [0.15, 0.2) is 36.5 Å². The second-order valence-corrected chi connectivity index (χ2v) is 7.55. The van der Waals surface area contributed by atoms with Crippen molar-refractivity contribution in [2.24, 2.45) is 7.05 Å². The molecule has 0 aliphatic heterocycles. The van der Waals surface area contributed by atoms with Gasteiger partial charge in [-0.15, -0.1) is 5.10 Å². The van der Waals surface area contributed by atoms with E-state index in [1.165, 1.54) is 32.6 Å². The number of carbonyl (C=O) groups excluding carboxylic acids is 1. The smallest absolute Gasteiger partial charge is 0.341 e. The molecule has 4 aromatic rings. The maximum Gasteiger partial charge on any atom is 0.341 e. The van der Waals surface area contributed by atoms with Gasteiger partial charge in [-0.05, 0) is 54.7 Å². The number of benzene rings is 2. The van der Waals surface area contributed by atoms with E-state index in [2.05, 4.69) is 31.7 Å². The summed E-state index contributed by atoms with van der Waals surface area (Å²) in [5, 5.41) is 16.4. The van der Waals surface area contributed by atoms with Crippen molar-refractivity contribution >= 4 is 28.5 Å². The van der Waals surface area contributed by atoms with Crippen LogP contribution in [0.1, 0.15) is 34.7 Å². The number of fused-ring (bicyclic) bond motifs is 1. The van der Waals surface area contributed by atoms with Crippen molar-refractivity contribution in [1.82, 2.24) is 25.0 Å². The van der Waals surface area contributed by atoms with Gasteiger partial charge in [0.05, 0.1) is 25.9 Å². The van der Waals surface area contributed by atoms with Crippen molar-refractivity contribution < 1.29 is 14.3 Å². The highest BCUT2D eigenvalue weighted by atomic mass is 16.5. The van der Waals surface area contributed by atoms with Crippen molar-refractivity contribution in [2.75, 3.05) is 19.5 Å². The lowest BCUT2D eigenvalue weighted by Crippen LogP contribution is -2.04. The first-order valence-electron chi connectivity index (χ1n) is 9.99. The van der Waals surface area contributed by atoms with Crippen LogP contribution in [0.4, 0.5) is 11.6 Å². The highest BCUT2D eigenvalue weighted by Gasteiger charge is 2.29. The minimum Gasteiger partial charge on any atom is -0.496 e. The van der Waals surface area contributed by atoms with Gasteiger partial charge >= 0.3 is 5.97 Å². The molecule has 0 spiro atoms. The Hall–Kier alpha value is -3.88. The molecular formula is C22H22N6O3. The molecule has 1 fully saturated rings. The molecule has 2 N–H and O–H groups in total. The number of esters is 1. The topological polar surface area (TPSA) is 107 Å². The number of nitrogens with zero attached hydrogens (tertiary/aromatic N) is 4. The summed E-state index contributed by atoms with van der Waals surface area (Å²) in [6, 6.07) is 9.24. The Labute approximate surface area is 178 Å². The Balaban J connectivity index is 1.49. The normalized spacial score (nSPS) is 13.4. The van der Waals surface area contributed by atoms with E-state index in [1.807, 2.05) is 19.3 Å². The van der Waals surface area contributed by atoms with Crippen molar-refractivity contribution in [3.8, 4) is 17.1 Å². The third-order valence-corrected chi connectivity index (χ3v) is 5.53. The van der Waals surface area contributed by atoms with Gasteiger partial charge in [-0.3, -0.25) is 5.10 Å². The number of carbonyl (C=O) groups is 1. The SMILES string of the molecule is COC(=O)c1ccc(-c2nc(Nc3ccc4[nH]ncc4c3C3CC3)n(C)n2)cc1OC. The predicted octanol–water partition coefficient (Wildman–Crippen LogP) is 3.77. The Kier molecular flexibility index (Phi) is 4.58. The van der Waals surface area contributed by atoms with Gasteiger partial charge in [-0.25, -0.2) is 9.48 Å². The van der Waals surface area contributed by atoms with Gasteiger partial charge in [0.15, 0.2) is 5.82 Å². The summed E-state index contributed by atoms with van der Waals surface area (Å²) < 4.78 is 11.9. The predicted molar refractivity (Wildman–Crippen MR) is 116 cm³/mol. The Morgan fingerprint density at radius 3 is 2.81 bits per heavy atom. The fraction of sp³-hybridized carbons (Fsp3) is 0.273. The van der Waals surface area contributed by atoms with Crippen LogP contribution < -0.4 is 10.1 Å². The first kappa shape index (κ1) is 19.1. The van der Waals surface area contributed by atoms with E-state index >= 15 is 0 Å². The van der Waals surface area contributed by atoms with Crippen LogP contribution in [0.3, 0.4) is 0 Å². The van der Waals surface area contributed by atoms with E-state index in [4.69, 9.17) is 9.47 Å². The Morgan fingerprint density at radius 1 is 1.23 bits per heavy atom. The number of hydrogen-bond acceptors (Lipinski definition) is 7. The number of hydrogen-bond donors (Lipinski definition) is 2. The minimum atomic E-state index is -0.457. The van der Waals surface area contributed by atoms with Crippen molar-refractivity contribution in [2.45, 2.75) is 18.8 Å². The molecule has 2 aromatic heterocycles. The molecule has 9 nitrogen and oxygen atoms in total. The molecule has 0 amide bonds. The standard InChI is InChI=1S/C22H22N6O3/c1-28-22(24-17-9-8-16-15(11-23-26-16)19(17)12-4-5-12)25-20(27-28)13-6-7-14(21(29)31-3)18(10-13)30-2/h6-12H,4-5H2,1-3H3,(H,23,26)(H,24,25,27). The summed E-state index contributed by atoms with van der Waals surface area (Å²) in [5.41, 5.74) is 4.40. The lowest BCUT2D eigenvalue weighted by molar-refractivity contribution is 0.0597. The second kappa shape index (κ2) is 7.42. The van der Waals surface area contributed by atoms with Gasteiger partial charge in [0.2, 0.25) is 5.95 Å². The summed E-state index contributed by atoms with van der Waals surface area (Å²) in [6.07, 6.45) is 4.23. The first-order chi connectivity index (χ1) is 15.1. The number of aromatic nitrogens is 5. The average molecular weight is 418 g/mol. The monoisotopic (exact) mass is 418 g/mol. The van der Waals surface area contributed by atoms with E-state index in [1.54, 1.807) is 22.9 Å². The molecule has 1 aliphatic rings. The highest BCUT2D eigenvalue weighted by Crippen LogP contribution is 2.47. The molecule has 1 aliphatic carbocycles. The first-order valence-corrected chi connectivity index (χ1v) is 9.99. The zero-order valence-electron chi connectivity index (χ0n) is 17.5. The maximum atomic E-state index is 11.9. The van der Waals surface area contributed by atoms with E-state index in [-0.39, 0.29) is 0 Å². The number of aryl methyl sites for hydroxylation is 1. The molecule has 5 rings (SSSR count). The van der Waals surface area contributed by atoms with E-state index in [0.29, 0.717) is 29.0 Å². The Bertz CT molecular complexity index is 1290. The molecule has 2 heterocycles. The fourth-order valence-electron chi connectivity index (χ4n) is 3.81. The summed E-state index contributed by atoms with van der Waals surface area (Å²) >= 11 is 0. The van der Waals surface area contributed by atoms with Gasteiger partial charge in [-0.2, -0.15) is 10.1 Å². The van der Waals surface area contributed by atoms with Crippen LogP contribution in [-0.4, -0.2) is 45.2 Å². The molecule has 9 heteroatoms. The zero-order valence-corrected chi connectivity index (χ0v) is 17.5. The molecule has 2 aromatic carbocycles. The quantitative estimate of drug-likeness (QED) is 0.459. The lowest BCUT2D eigenvalue weighted by atomic mass is 10.0. The largest absolute Gasteiger partial charge is 0.496 e. The van der Waals surface area contributed by atoms with Crippen LogP contribution in [0.5, 0.6) is 5.75 Å². The molecule has 31 heavy (non-hydrogen) atoms. The van der Waals surface area contributed by atoms with Gasteiger partial charge in [-0.1, -0.05) is 0 Å². The summed E-state index contributed by atoms with van der Waals surface area (Å²) in [5.74, 6) is 1.63. The molecule has 0 saturated heterocycles. The third-order valence-electron chi connectivity index (χ3n) is 5.53. The number of anilines is 2. The lowest BCUT2D eigenvalue weighted by Gasteiger charge is -2.11. The number of methoxy groups -OCH3 is 2. The average Bonchev–Trinajstić information content (AvgIpc) is 3.40. The molecular weight excluding hydrogens is 396 g/mol. The van der Waals surface area contributed by atoms with E-state index in [0.717, 1.165) is 22.2 Å². The molecule has 158 valence electrons. The highest BCUT2D eigenvalue weighted by molar-refractivity contribution is 5.93. The van der Waals surface area contributed by atoms with Crippen LogP contribution >= 0.6 is 0 Å². The Morgan fingerprint density at radius 2 is 2.06 bits per heavy atom. The van der Waals surface area contributed by atoms with Gasteiger partial charge < -0.3 is 14.8 Å². The van der Waals surface area contributed by atoms with E-state index < -0.39 is 5.97 Å². The van der Waals surface area contributed by atoms with Gasteiger partial charge in [0.25, 0.3) is 0 Å². The van der Waals surface area contributed by atoms with E-state index in [9.17, 15) is 4.79 Å². The van der Waals surface area contributed by atoms with Gasteiger partial charge in [0, 0.05) is 23.7 Å².